The molecule has 132 valence electrons. The average molecular weight is 376 g/mol. The Hall–Kier alpha value is -3.45. The number of amides is 1. The summed E-state index contributed by atoms with van der Waals surface area (Å²) < 4.78 is 5.84. The first-order valence-electron chi connectivity index (χ1n) is 8.23. The first kappa shape index (κ1) is 15.8. The summed E-state index contributed by atoms with van der Waals surface area (Å²) in [6.07, 6.45) is 1.61. The molecule has 0 spiro atoms. The Morgan fingerprint density at radius 3 is 2.59 bits per heavy atom. The van der Waals surface area contributed by atoms with Gasteiger partial charge in [-0.2, -0.15) is 0 Å². The number of phenolic OH excluding ortho intramolecular Hbond substituents is 1. The Morgan fingerprint density at radius 1 is 1.07 bits per heavy atom. The predicted octanol–water partition coefficient (Wildman–Crippen LogP) is 3.70. The summed E-state index contributed by atoms with van der Waals surface area (Å²) in [4.78, 5) is 32.1. The maximum atomic E-state index is 13.2. The minimum atomic E-state index is -0.667. The maximum Gasteiger partial charge on any atom is 0.297 e. The highest BCUT2D eigenvalue weighted by Gasteiger charge is 2.44. The second kappa shape index (κ2) is 5.78. The van der Waals surface area contributed by atoms with Crippen LogP contribution in [0.15, 0.2) is 69.3 Å². The van der Waals surface area contributed by atoms with Crippen molar-refractivity contribution in [3.63, 3.8) is 0 Å². The lowest BCUT2D eigenvalue weighted by atomic mass is 9.98. The van der Waals surface area contributed by atoms with Crippen LogP contribution in [-0.2, 0) is 0 Å². The van der Waals surface area contributed by atoms with E-state index in [9.17, 15) is 14.7 Å². The predicted molar refractivity (Wildman–Crippen MR) is 101 cm³/mol. The second-order valence-corrected chi connectivity index (χ2v) is 7.03. The number of carbonyl (C=O) groups is 1. The van der Waals surface area contributed by atoms with E-state index < -0.39 is 11.9 Å². The Labute approximate surface area is 156 Å². The van der Waals surface area contributed by atoms with Crippen LogP contribution in [0.25, 0.3) is 11.0 Å². The Morgan fingerprint density at radius 2 is 1.85 bits per heavy atom. The van der Waals surface area contributed by atoms with Crippen LogP contribution >= 0.6 is 11.3 Å². The van der Waals surface area contributed by atoms with Gasteiger partial charge in [0.1, 0.15) is 11.3 Å². The molecule has 2 aromatic carbocycles. The number of carbonyl (C=O) groups excluding carboxylic acids is 1. The van der Waals surface area contributed by atoms with E-state index in [4.69, 9.17) is 4.42 Å². The van der Waals surface area contributed by atoms with Crippen molar-refractivity contribution in [3.05, 3.63) is 87.2 Å². The van der Waals surface area contributed by atoms with E-state index in [1.54, 1.807) is 48.0 Å². The van der Waals surface area contributed by atoms with E-state index in [2.05, 4.69) is 4.98 Å². The summed E-state index contributed by atoms with van der Waals surface area (Å²) >= 11 is 1.31. The quantitative estimate of drug-likeness (QED) is 0.577. The van der Waals surface area contributed by atoms with Gasteiger partial charge < -0.3 is 9.52 Å². The highest BCUT2D eigenvalue weighted by Crippen LogP contribution is 2.41. The molecule has 0 saturated carbocycles. The number of hydrogen-bond donors (Lipinski definition) is 1. The third kappa shape index (κ3) is 2.29. The Kier molecular flexibility index (Phi) is 3.38. The largest absolute Gasteiger partial charge is 0.508 e. The van der Waals surface area contributed by atoms with Crippen molar-refractivity contribution >= 4 is 33.3 Å². The molecular weight excluding hydrogens is 364 g/mol. The molecule has 4 aromatic rings. The molecule has 1 aliphatic heterocycles. The smallest absolute Gasteiger partial charge is 0.297 e. The van der Waals surface area contributed by atoms with E-state index in [1.807, 2.05) is 0 Å². The zero-order chi connectivity index (χ0) is 18.5. The number of aromatic hydroxyl groups is 1. The zero-order valence-electron chi connectivity index (χ0n) is 13.8. The summed E-state index contributed by atoms with van der Waals surface area (Å²) in [6, 6.07) is 12.7. The van der Waals surface area contributed by atoms with E-state index in [0.717, 1.165) is 0 Å². The molecule has 6 nitrogen and oxygen atoms in total. The molecule has 1 atom stereocenters. The molecule has 0 unspecified atom stereocenters. The van der Waals surface area contributed by atoms with Gasteiger partial charge in [0.25, 0.3) is 5.91 Å². The summed E-state index contributed by atoms with van der Waals surface area (Å²) in [7, 11) is 0. The van der Waals surface area contributed by atoms with Crippen molar-refractivity contribution in [2.45, 2.75) is 6.04 Å². The fourth-order valence-corrected chi connectivity index (χ4v) is 4.09. The fraction of sp³-hybridized carbons (Fsp3) is 0.0500. The molecule has 27 heavy (non-hydrogen) atoms. The molecule has 7 heteroatoms. The highest BCUT2D eigenvalue weighted by molar-refractivity contribution is 7.13. The first-order valence-corrected chi connectivity index (χ1v) is 9.11. The SMILES string of the molecule is O=C1c2oc3ccccc3c(=O)c2[C@@H](c2ccc(O)cc2)N1c1nccs1. The summed E-state index contributed by atoms with van der Waals surface area (Å²) in [6.45, 7) is 0. The van der Waals surface area contributed by atoms with Crippen LogP contribution in [0.5, 0.6) is 5.75 Å². The van der Waals surface area contributed by atoms with Gasteiger partial charge in [-0.25, -0.2) is 4.98 Å². The molecule has 0 saturated heterocycles. The standard InChI is InChI=1S/C20H12N2O4S/c23-12-7-5-11(6-8-12)16-15-17(24)13-3-1-2-4-14(13)26-18(15)19(25)22(16)20-21-9-10-27-20/h1-10,16,23H/t16-/m1/s1. The number of aromatic nitrogens is 1. The van der Waals surface area contributed by atoms with Gasteiger partial charge in [0, 0.05) is 11.6 Å². The van der Waals surface area contributed by atoms with Crippen LogP contribution in [-0.4, -0.2) is 16.0 Å². The number of fused-ring (bicyclic) bond motifs is 2. The monoisotopic (exact) mass is 376 g/mol. The number of rotatable bonds is 2. The van der Waals surface area contributed by atoms with Crippen LogP contribution in [0.1, 0.15) is 27.7 Å². The molecule has 0 bridgehead atoms. The lowest BCUT2D eigenvalue weighted by molar-refractivity contribution is 0.0971. The van der Waals surface area contributed by atoms with Crippen molar-refractivity contribution in [1.29, 1.82) is 0 Å². The van der Waals surface area contributed by atoms with Crippen LogP contribution in [0, 0.1) is 0 Å². The van der Waals surface area contributed by atoms with Gasteiger partial charge in [-0.05, 0) is 29.8 Å². The summed E-state index contributed by atoms with van der Waals surface area (Å²) in [5, 5.41) is 12.3. The van der Waals surface area contributed by atoms with E-state index in [0.29, 0.717) is 27.2 Å². The van der Waals surface area contributed by atoms with Gasteiger partial charge in [0.05, 0.1) is 17.0 Å². The zero-order valence-corrected chi connectivity index (χ0v) is 14.6. The average Bonchev–Trinajstić information content (AvgIpc) is 3.30. The van der Waals surface area contributed by atoms with Crippen LogP contribution < -0.4 is 10.3 Å². The topological polar surface area (TPSA) is 83.6 Å². The summed E-state index contributed by atoms with van der Waals surface area (Å²) in [5.74, 6) is -0.262. The molecule has 3 heterocycles. The number of phenols is 1. The van der Waals surface area contributed by atoms with Crippen molar-refractivity contribution in [3.8, 4) is 5.75 Å². The van der Waals surface area contributed by atoms with Crippen molar-refractivity contribution in [1.82, 2.24) is 4.98 Å². The normalized spacial score (nSPS) is 16.1. The number of benzene rings is 2. The number of thiazole rings is 1. The third-order valence-corrected chi connectivity index (χ3v) is 5.38. The van der Waals surface area contributed by atoms with Crippen LogP contribution in [0.3, 0.4) is 0 Å². The fourth-order valence-electron chi connectivity index (χ4n) is 3.42. The van der Waals surface area contributed by atoms with Gasteiger partial charge >= 0.3 is 0 Å². The van der Waals surface area contributed by atoms with Gasteiger partial charge in [-0.15, -0.1) is 11.3 Å². The highest BCUT2D eigenvalue weighted by atomic mass is 32.1. The molecular formula is C20H12N2O4S. The number of anilines is 1. The maximum absolute atomic E-state index is 13.2. The molecule has 2 aromatic heterocycles. The Balaban J connectivity index is 1.83. The molecule has 0 fully saturated rings. The van der Waals surface area contributed by atoms with Crippen molar-refractivity contribution in [2.24, 2.45) is 0 Å². The van der Waals surface area contributed by atoms with Gasteiger partial charge in [0.15, 0.2) is 10.6 Å². The van der Waals surface area contributed by atoms with Crippen molar-refractivity contribution < 1.29 is 14.3 Å². The lowest BCUT2D eigenvalue weighted by Gasteiger charge is -2.22. The first-order chi connectivity index (χ1) is 13.1. The minimum Gasteiger partial charge on any atom is -0.508 e. The lowest BCUT2D eigenvalue weighted by Crippen LogP contribution is -2.29. The molecule has 1 amide bonds. The van der Waals surface area contributed by atoms with Crippen molar-refractivity contribution in [2.75, 3.05) is 4.90 Å². The number of hydrogen-bond acceptors (Lipinski definition) is 6. The molecule has 1 N–H and O–H groups in total. The van der Waals surface area contributed by atoms with Gasteiger partial charge in [-0.3, -0.25) is 14.5 Å². The minimum absolute atomic E-state index is 0.0342. The number of nitrogens with zero attached hydrogens (tertiary/aromatic N) is 2. The molecule has 0 aliphatic carbocycles. The molecule has 5 rings (SSSR count). The molecule has 1 aliphatic rings. The number of para-hydroxylation sites is 1. The molecule has 0 radical (unpaired) electrons. The van der Waals surface area contributed by atoms with Crippen LogP contribution in [0.2, 0.25) is 0 Å². The van der Waals surface area contributed by atoms with E-state index in [-0.39, 0.29) is 16.9 Å². The van der Waals surface area contributed by atoms with Gasteiger partial charge in [-0.1, -0.05) is 24.3 Å². The second-order valence-electron chi connectivity index (χ2n) is 6.15. The van der Waals surface area contributed by atoms with Gasteiger partial charge in [0.2, 0.25) is 5.76 Å². The Bertz CT molecular complexity index is 1230. The third-order valence-electron chi connectivity index (χ3n) is 4.61. The van der Waals surface area contributed by atoms with E-state index >= 15 is 0 Å². The summed E-state index contributed by atoms with van der Waals surface area (Å²) in [5.41, 5.74) is 1.12. The van der Waals surface area contributed by atoms with Crippen LogP contribution in [0.4, 0.5) is 5.13 Å². The van der Waals surface area contributed by atoms with E-state index in [1.165, 1.54) is 28.4 Å².